The lowest BCUT2D eigenvalue weighted by Crippen LogP contribution is -2.14. The van der Waals surface area contributed by atoms with Gasteiger partial charge in [0, 0.05) is 7.14 Å². The molecule has 0 saturated carbocycles. The standard InChI is InChI=1S/C15H14I2O6S2/c1-8-4-9(2)14(10(3)5-8)25(21,22)23-11-6-12(16)15(13(17)7-11)24(18,19)20/h4-7H,1-3H3,(H,18,19,20). The number of aryl methyl sites for hydroxylation is 3. The number of rotatable bonds is 4. The molecule has 0 unspecified atom stereocenters. The molecule has 2 aromatic rings. The molecule has 0 spiro atoms. The van der Waals surface area contributed by atoms with Crippen LogP contribution in [0.3, 0.4) is 0 Å². The number of hydrogen-bond donors (Lipinski definition) is 1. The van der Waals surface area contributed by atoms with Crippen LogP contribution < -0.4 is 4.18 Å². The first kappa shape index (κ1) is 20.9. The van der Waals surface area contributed by atoms with Gasteiger partial charge in [-0.05, 0) is 89.2 Å². The summed E-state index contributed by atoms with van der Waals surface area (Å²) in [6.45, 7) is 5.24. The van der Waals surface area contributed by atoms with Gasteiger partial charge in [-0.15, -0.1) is 0 Å². The van der Waals surface area contributed by atoms with E-state index < -0.39 is 20.2 Å². The van der Waals surface area contributed by atoms with Crippen molar-refractivity contribution in [3.05, 3.63) is 48.1 Å². The first-order valence-electron chi connectivity index (χ1n) is 6.82. The monoisotopic (exact) mass is 608 g/mol. The average Bonchev–Trinajstić information content (AvgIpc) is 2.32. The lowest BCUT2D eigenvalue weighted by molar-refractivity contribution is 0.480. The quantitative estimate of drug-likeness (QED) is 0.322. The second kappa shape index (κ2) is 7.29. The van der Waals surface area contributed by atoms with Crippen LogP contribution in [0.1, 0.15) is 16.7 Å². The van der Waals surface area contributed by atoms with E-state index in [0.29, 0.717) is 11.1 Å². The van der Waals surface area contributed by atoms with Crippen LogP contribution in [0.2, 0.25) is 0 Å². The highest BCUT2D eigenvalue weighted by Gasteiger charge is 2.25. The molecule has 25 heavy (non-hydrogen) atoms. The Hall–Kier alpha value is -0.440. The van der Waals surface area contributed by atoms with Crippen molar-refractivity contribution in [3.63, 3.8) is 0 Å². The molecule has 0 heterocycles. The second-order valence-electron chi connectivity index (χ2n) is 5.46. The van der Waals surface area contributed by atoms with Gasteiger partial charge in [0.1, 0.15) is 15.5 Å². The topological polar surface area (TPSA) is 97.7 Å². The molecular weight excluding hydrogens is 594 g/mol. The molecule has 0 aliphatic carbocycles. The number of benzene rings is 2. The van der Waals surface area contributed by atoms with Crippen molar-refractivity contribution >= 4 is 65.4 Å². The summed E-state index contributed by atoms with van der Waals surface area (Å²) in [5.74, 6) is -0.0272. The molecule has 0 aliphatic heterocycles. The average molecular weight is 608 g/mol. The van der Waals surface area contributed by atoms with E-state index in [2.05, 4.69) is 0 Å². The van der Waals surface area contributed by atoms with Gasteiger partial charge >= 0.3 is 10.1 Å². The lowest BCUT2D eigenvalue weighted by Gasteiger charge is -2.14. The van der Waals surface area contributed by atoms with Gasteiger partial charge in [0.05, 0.1) is 0 Å². The molecule has 0 radical (unpaired) electrons. The SMILES string of the molecule is Cc1cc(C)c(S(=O)(=O)Oc2cc(I)c(S(=O)(=O)O)c(I)c2)c(C)c1. The smallest absolute Gasteiger partial charge is 0.339 e. The van der Waals surface area contributed by atoms with E-state index in [9.17, 15) is 21.4 Å². The van der Waals surface area contributed by atoms with Crippen LogP contribution in [0.25, 0.3) is 0 Å². The molecular formula is C15H14I2O6S2. The van der Waals surface area contributed by atoms with Gasteiger partial charge in [0.25, 0.3) is 10.1 Å². The van der Waals surface area contributed by atoms with Crippen LogP contribution in [-0.4, -0.2) is 21.4 Å². The highest BCUT2D eigenvalue weighted by Crippen LogP contribution is 2.31. The fourth-order valence-corrected chi connectivity index (χ4v) is 7.89. The Morgan fingerprint density at radius 3 is 1.68 bits per heavy atom. The molecule has 0 saturated heterocycles. The van der Waals surface area contributed by atoms with E-state index in [0.717, 1.165) is 5.56 Å². The molecule has 1 N–H and O–H groups in total. The van der Waals surface area contributed by atoms with E-state index >= 15 is 0 Å². The Kier molecular flexibility index (Phi) is 6.08. The molecule has 0 atom stereocenters. The summed E-state index contributed by atoms with van der Waals surface area (Å²) in [5.41, 5.74) is 2.07. The van der Waals surface area contributed by atoms with Crippen molar-refractivity contribution in [1.82, 2.24) is 0 Å². The maximum Gasteiger partial charge on any atom is 0.339 e. The van der Waals surface area contributed by atoms with Crippen LogP contribution >= 0.6 is 45.2 Å². The van der Waals surface area contributed by atoms with Gasteiger partial charge in [-0.25, -0.2) is 0 Å². The van der Waals surface area contributed by atoms with Gasteiger partial charge in [0.15, 0.2) is 0 Å². The van der Waals surface area contributed by atoms with Crippen molar-refractivity contribution in [2.75, 3.05) is 0 Å². The normalized spacial score (nSPS) is 12.2. The van der Waals surface area contributed by atoms with Gasteiger partial charge in [-0.3, -0.25) is 4.55 Å². The van der Waals surface area contributed by atoms with Gasteiger partial charge in [-0.1, -0.05) is 17.7 Å². The van der Waals surface area contributed by atoms with Gasteiger partial charge in [-0.2, -0.15) is 16.8 Å². The van der Waals surface area contributed by atoms with Crippen molar-refractivity contribution in [2.45, 2.75) is 30.6 Å². The van der Waals surface area contributed by atoms with Gasteiger partial charge in [0.2, 0.25) is 0 Å². The minimum absolute atomic E-state index is 0.0272. The summed E-state index contributed by atoms with van der Waals surface area (Å²) < 4.78 is 62.9. The molecule has 0 bridgehead atoms. The molecule has 10 heteroatoms. The summed E-state index contributed by atoms with van der Waals surface area (Å²) in [7, 11) is -8.51. The Morgan fingerprint density at radius 2 is 1.28 bits per heavy atom. The first-order chi connectivity index (χ1) is 11.3. The molecule has 2 aromatic carbocycles. The zero-order valence-electron chi connectivity index (χ0n) is 13.4. The second-order valence-corrected chi connectivity index (χ2v) is 10.6. The van der Waals surface area contributed by atoms with Crippen LogP contribution in [0.4, 0.5) is 0 Å². The molecule has 0 amide bonds. The molecule has 136 valence electrons. The highest BCUT2D eigenvalue weighted by molar-refractivity contribution is 14.1. The third-order valence-corrected chi connectivity index (χ3v) is 8.24. The minimum Gasteiger partial charge on any atom is -0.379 e. The molecule has 2 rings (SSSR count). The zero-order chi connectivity index (χ0) is 19.2. The van der Waals surface area contributed by atoms with Crippen molar-refractivity contribution in [1.29, 1.82) is 0 Å². The van der Waals surface area contributed by atoms with Crippen LogP contribution in [0, 0.1) is 27.9 Å². The highest BCUT2D eigenvalue weighted by atomic mass is 127. The van der Waals surface area contributed by atoms with Crippen LogP contribution in [0.15, 0.2) is 34.1 Å². The Balaban J connectivity index is 2.54. The van der Waals surface area contributed by atoms with Crippen LogP contribution in [0.5, 0.6) is 5.75 Å². The van der Waals surface area contributed by atoms with E-state index in [1.54, 1.807) is 71.2 Å². The Bertz CT molecular complexity index is 1010. The van der Waals surface area contributed by atoms with Crippen molar-refractivity contribution in [2.24, 2.45) is 0 Å². The molecule has 0 fully saturated rings. The zero-order valence-corrected chi connectivity index (χ0v) is 19.3. The lowest BCUT2D eigenvalue weighted by atomic mass is 10.1. The predicted molar refractivity (Wildman–Crippen MR) is 110 cm³/mol. The maximum atomic E-state index is 12.7. The predicted octanol–water partition coefficient (Wildman–Crippen LogP) is 3.84. The van der Waals surface area contributed by atoms with E-state index in [1.807, 2.05) is 6.92 Å². The van der Waals surface area contributed by atoms with Gasteiger partial charge < -0.3 is 4.18 Å². The molecule has 0 aromatic heterocycles. The Labute approximate surface area is 174 Å². The van der Waals surface area contributed by atoms with E-state index in [4.69, 9.17) is 4.18 Å². The summed E-state index contributed by atoms with van der Waals surface area (Å²) in [6, 6.07) is 6.00. The summed E-state index contributed by atoms with van der Waals surface area (Å²) >= 11 is 3.40. The number of hydrogen-bond acceptors (Lipinski definition) is 5. The third kappa shape index (κ3) is 4.64. The third-order valence-electron chi connectivity index (χ3n) is 3.29. The van der Waals surface area contributed by atoms with Crippen molar-refractivity contribution < 1.29 is 25.6 Å². The fraction of sp³-hybridized carbons (Fsp3) is 0.200. The van der Waals surface area contributed by atoms with Crippen molar-refractivity contribution in [3.8, 4) is 5.75 Å². The summed E-state index contributed by atoms with van der Waals surface area (Å²) in [6.07, 6.45) is 0. The maximum absolute atomic E-state index is 12.7. The first-order valence-corrected chi connectivity index (χ1v) is 11.8. The van der Waals surface area contributed by atoms with E-state index in [1.165, 1.54) is 12.1 Å². The summed E-state index contributed by atoms with van der Waals surface area (Å²) in [4.78, 5) is -0.192. The minimum atomic E-state index is -4.41. The molecule has 6 nitrogen and oxygen atoms in total. The number of halogens is 2. The largest absolute Gasteiger partial charge is 0.379 e. The van der Waals surface area contributed by atoms with E-state index in [-0.39, 0.29) is 22.7 Å². The molecule has 0 aliphatic rings. The summed E-state index contributed by atoms with van der Waals surface area (Å²) in [5, 5.41) is 0. The Morgan fingerprint density at radius 1 is 0.840 bits per heavy atom. The van der Waals surface area contributed by atoms with Crippen LogP contribution in [-0.2, 0) is 20.2 Å². The fourth-order valence-electron chi connectivity index (χ4n) is 2.56.